The second kappa shape index (κ2) is 4.56. The third-order valence-electron chi connectivity index (χ3n) is 1.07. The molecule has 0 bridgehead atoms. The Kier molecular flexibility index (Phi) is 4.45. The minimum Gasteiger partial charge on any atom is -0.776 e. The van der Waals surface area contributed by atoms with Crippen molar-refractivity contribution in [3.8, 4) is 5.75 Å². The average molecular weight is 203 g/mol. The van der Waals surface area contributed by atoms with E-state index in [4.69, 9.17) is 17.4 Å². The number of para-hydroxylation sites is 1. The van der Waals surface area contributed by atoms with Gasteiger partial charge in [-0.1, -0.05) is 18.2 Å². The number of benzene rings is 1. The molecule has 0 saturated carbocycles. The number of ether oxygens (including phenoxy) is 1. The molecule has 58 valence electrons. The molecule has 0 saturated heterocycles. The molecular formula is C7H7CuOS. The van der Waals surface area contributed by atoms with Crippen molar-refractivity contribution in [1.29, 1.82) is 0 Å². The van der Waals surface area contributed by atoms with Gasteiger partial charge in [0, 0.05) is 0 Å². The Bertz CT molecular complexity index is 203. The van der Waals surface area contributed by atoms with Gasteiger partial charge in [-0.05, 0) is 6.07 Å². The summed E-state index contributed by atoms with van der Waals surface area (Å²) < 4.78 is 4.94. The molecule has 0 aromatic heterocycles. The van der Waals surface area contributed by atoms with Gasteiger partial charge in [0.1, 0.15) is 0 Å². The van der Waals surface area contributed by atoms with Crippen molar-refractivity contribution in [2.75, 3.05) is 7.11 Å². The Hall–Kier alpha value is -0.241. The van der Waals surface area contributed by atoms with Crippen LogP contribution in [0.5, 0.6) is 5.75 Å². The summed E-state index contributed by atoms with van der Waals surface area (Å²) in [6.07, 6.45) is 0. The van der Waals surface area contributed by atoms with E-state index < -0.39 is 0 Å². The molecule has 0 aliphatic rings. The molecule has 0 fully saturated rings. The van der Waals surface area contributed by atoms with Crippen molar-refractivity contribution in [2.24, 2.45) is 0 Å². The number of hydrogen-bond acceptors (Lipinski definition) is 2. The normalized spacial score (nSPS) is 8.10. The SMILES string of the molecule is COc1ccccc1[S-].[Cu+]. The first-order chi connectivity index (χ1) is 4.34. The van der Waals surface area contributed by atoms with Crippen LogP contribution in [0.2, 0.25) is 0 Å². The van der Waals surface area contributed by atoms with Gasteiger partial charge in [0.25, 0.3) is 0 Å². The van der Waals surface area contributed by atoms with Crippen molar-refractivity contribution < 1.29 is 21.8 Å². The number of hydrogen-bond donors (Lipinski definition) is 0. The molecule has 0 amide bonds. The molecule has 10 heavy (non-hydrogen) atoms. The topological polar surface area (TPSA) is 9.23 Å². The van der Waals surface area contributed by atoms with Crippen LogP contribution in [-0.4, -0.2) is 7.11 Å². The molecule has 1 rings (SSSR count). The summed E-state index contributed by atoms with van der Waals surface area (Å²) in [5.74, 6) is 0.771. The molecule has 0 atom stereocenters. The molecule has 1 aromatic rings. The van der Waals surface area contributed by atoms with E-state index in [1.807, 2.05) is 24.3 Å². The van der Waals surface area contributed by atoms with E-state index >= 15 is 0 Å². The molecule has 1 aromatic carbocycles. The minimum absolute atomic E-state index is 0. The van der Waals surface area contributed by atoms with Gasteiger partial charge in [0.2, 0.25) is 0 Å². The summed E-state index contributed by atoms with van der Waals surface area (Å²) in [4.78, 5) is 0.764. The maximum Gasteiger partial charge on any atom is 1.00 e. The van der Waals surface area contributed by atoms with E-state index in [2.05, 4.69) is 0 Å². The molecule has 0 aliphatic heterocycles. The number of methoxy groups -OCH3 is 1. The zero-order valence-electron chi connectivity index (χ0n) is 5.43. The van der Waals surface area contributed by atoms with Crippen LogP contribution in [0.3, 0.4) is 0 Å². The molecule has 0 unspecified atom stereocenters. The predicted octanol–water partition coefficient (Wildman–Crippen LogP) is 1.60. The smallest absolute Gasteiger partial charge is 0.776 e. The molecular weight excluding hydrogens is 196 g/mol. The van der Waals surface area contributed by atoms with E-state index in [1.54, 1.807) is 7.11 Å². The first-order valence-electron chi connectivity index (χ1n) is 2.64. The van der Waals surface area contributed by atoms with Gasteiger partial charge >= 0.3 is 17.1 Å². The zero-order chi connectivity index (χ0) is 6.69. The van der Waals surface area contributed by atoms with Crippen LogP contribution in [0.4, 0.5) is 0 Å². The van der Waals surface area contributed by atoms with Crippen LogP contribution in [0, 0.1) is 0 Å². The Balaban J connectivity index is 0.000000810. The van der Waals surface area contributed by atoms with Crippen LogP contribution in [0.1, 0.15) is 0 Å². The Morgan fingerprint density at radius 1 is 1.30 bits per heavy atom. The standard InChI is InChI=1S/C7H8OS.Cu/c1-8-6-4-2-3-5-7(6)9;/h2-5,9H,1H3;/q;+1/p-1. The van der Waals surface area contributed by atoms with Crippen LogP contribution in [0.15, 0.2) is 29.2 Å². The number of rotatable bonds is 1. The van der Waals surface area contributed by atoms with Crippen molar-refractivity contribution in [3.63, 3.8) is 0 Å². The Morgan fingerprint density at radius 3 is 2.30 bits per heavy atom. The summed E-state index contributed by atoms with van der Waals surface area (Å²) in [6.45, 7) is 0. The largest absolute Gasteiger partial charge is 1.00 e. The fourth-order valence-electron chi connectivity index (χ4n) is 0.619. The van der Waals surface area contributed by atoms with E-state index in [0.717, 1.165) is 10.6 Å². The van der Waals surface area contributed by atoms with Gasteiger partial charge in [0.15, 0.2) is 0 Å². The third-order valence-corrected chi connectivity index (χ3v) is 1.41. The second-order valence-corrected chi connectivity index (χ2v) is 2.09. The van der Waals surface area contributed by atoms with Crippen LogP contribution in [0.25, 0.3) is 0 Å². The molecule has 0 radical (unpaired) electrons. The quantitative estimate of drug-likeness (QED) is 0.506. The molecule has 3 heteroatoms. The molecule has 0 N–H and O–H groups in total. The van der Waals surface area contributed by atoms with Crippen LogP contribution in [-0.2, 0) is 29.7 Å². The van der Waals surface area contributed by atoms with Gasteiger partial charge in [-0.25, -0.2) is 0 Å². The minimum atomic E-state index is 0. The van der Waals surface area contributed by atoms with Crippen LogP contribution >= 0.6 is 0 Å². The van der Waals surface area contributed by atoms with E-state index in [0.29, 0.717) is 0 Å². The van der Waals surface area contributed by atoms with Gasteiger partial charge in [-0.3, -0.25) is 0 Å². The predicted molar refractivity (Wildman–Crippen MR) is 38.6 cm³/mol. The third kappa shape index (κ3) is 2.18. The molecule has 0 heterocycles. The first kappa shape index (κ1) is 9.76. The monoisotopic (exact) mass is 202 g/mol. The first-order valence-corrected chi connectivity index (χ1v) is 3.05. The molecule has 0 spiro atoms. The van der Waals surface area contributed by atoms with Gasteiger partial charge < -0.3 is 17.4 Å². The van der Waals surface area contributed by atoms with Crippen molar-refractivity contribution in [1.82, 2.24) is 0 Å². The summed E-state index contributed by atoms with van der Waals surface area (Å²) in [7, 11) is 1.62. The Labute approximate surface area is 76.7 Å². The fraction of sp³-hybridized carbons (Fsp3) is 0.143. The van der Waals surface area contributed by atoms with Crippen molar-refractivity contribution in [2.45, 2.75) is 4.90 Å². The van der Waals surface area contributed by atoms with Crippen molar-refractivity contribution in [3.05, 3.63) is 24.3 Å². The summed E-state index contributed by atoms with van der Waals surface area (Å²) in [5, 5.41) is 0. The summed E-state index contributed by atoms with van der Waals surface area (Å²) in [6, 6.07) is 7.48. The molecule has 1 nitrogen and oxygen atoms in total. The maximum absolute atomic E-state index is 4.94. The fourth-order valence-corrected chi connectivity index (χ4v) is 0.849. The maximum atomic E-state index is 4.94. The van der Waals surface area contributed by atoms with E-state index in [-0.39, 0.29) is 17.1 Å². The average Bonchev–Trinajstić information content (AvgIpc) is 1.89. The van der Waals surface area contributed by atoms with E-state index in [1.165, 1.54) is 0 Å². The second-order valence-electron chi connectivity index (χ2n) is 1.65. The Morgan fingerprint density at radius 2 is 1.90 bits per heavy atom. The van der Waals surface area contributed by atoms with Crippen molar-refractivity contribution >= 4 is 12.6 Å². The van der Waals surface area contributed by atoms with Crippen LogP contribution < -0.4 is 4.74 Å². The van der Waals surface area contributed by atoms with E-state index in [9.17, 15) is 0 Å². The van der Waals surface area contributed by atoms with Gasteiger partial charge in [-0.2, -0.15) is 0 Å². The van der Waals surface area contributed by atoms with Gasteiger partial charge in [-0.15, -0.1) is 4.90 Å². The summed E-state index contributed by atoms with van der Waals surface area (Å²) >= 11 is 4.93. The van der Waals surface area contributed by atoms with Gasteiger partial charge in [0.05, 0.1) is 12.9 Å². The summed E-state index contributed by atoms with van der Waals surface area (Å²) in [5.41, 5.74) is 0. The molecule has 0 aliphatic carbocycles. The zero-order valence-corrected chi connectivity index (χ0v) is 7.19.